The van der Waals surface area contributed by atoms with Crippen LogP contribution in [0.25, 0.3) is 0 Å². The molecule has 2 aliphatic rings. The highest BCUT2D eigenvalue weighted by atomic mass is 16.5. The van der Waals surface area contributed by atoms with Crippen molar-refractivity contribution in [2.24, 2.45) is 5.92 Å². The van der Waals surface area contributed by atoms with Gasteiger partial charge in [0.1, 0.15) is 5.75 Å². The highest BCUT2D eigenvalue weighted by Gasteiger charge is 2.43. The van der Waals surface area contributed by atoms with E-state index >= 15 is 0 Å². The van der Waals surface area contributed by atoms with E-state index in [2.05, 4.69) is 4.90 Å². The molecule has 0 aromatic heterocycles. The number of rotatable bonds is 4. The van der Waals surface area contributed by atoms with Gasteiger partial charge in [-0.05, 0) is 57.2 Å². The van der Waals surface area contributed by atoms with E-state index < -0.39 is 5.41 Å². The van der Waals surface area contributed by atoms with Crippen LogP contribution in [0.4, 0.5) is 0 Å². The van der Waals surface area contributed by atoms with Gasteiger partial charge in [-0.3, -0.25) is 4.79 Å². The van der Waals surface area contributed by atoms with Gasteiger partial charge in [0.05, 0.1) is 18.6 Å². The molecule has 1 saturated heterocycles. The summed E-state index contributed by atoms with van der Waals surface area (Å²) in [6.45, 7) is 4.82. The van der Waals surface area contributed by atoms with Gasteiger partial charge in [-0.2, -0.15) is 0 Å². The Morgan fingerprint density at radius 1 is 1.12 bits per heavy atom. The van der Waals surface area contributed by atoms with Crippen LogP contribution < -0.4 is 4.74 Å². The first-order valence-corrected chi connectivity index (χ1v) is 9.59. The number of aliphatic hydroxyl groups is 1. The molecule has 4 heteroatoms. The molecular weight excluding hydrogens is 314 g/mol. The van der Waals surface area contributed by atoms with Gasteiger partial charge in [0.2, 0.25) is 5.91 Å². The molecule has 1 aromatic rings. The van der Waals surface area contributed by atoms with E-state index in [1.54, 1.807) is 7.11 Å². The minimum absolute atomic E-state index is 0.179. The summed E-state index contributed by atoms with van der Waals surface area (Å²) < 4.78 is 5.23. The second kappa shape index (κ2) is 7.36. The van der Waals surface area contributed by atoms with E-state index in [-0.39, 0.29) is 24.0 Å². The highest BCUT2D eigenvalue weighted by molar-refractivity contribution is 5.88. The molecule has 0 radical (unpaired) electrons. The first-order chi connectivity index (χ1) is 11.9. The predicted octanol–water partition coefficient (Wildman–Crippen LogP) is 3.51. The molecule has 0 spiro atoms. The lowest BCUT2D eigenvalue weighted by Gasteiger charge is -2.40. The zero-order valence-electron chi connectivity index (χ0n) is 15.7. The molecule has 1 aliphatic carbocycles. The third-order valence-corrected chi connectivity index (χ3v) is 6.18. The minimum Gasteiger partial charge on any atom is -0.497 e. The minimum atomic E-state index is -0.575. The van der Waals surface area contributed by atoms with Crippen molar-refractivity contribution in [3.8, 4) is 5.75 Å². The molecule has 1 amide bonds. The first-order valence-electron chi connectivity index (χ1n) is 9.59. The third-order valence-electron chi connectivity index (χ3n) is 6.18. The Kier molecular flexibility index (Phi) is 5.38. The summed E-state index contributed by atoms with van der Waals surface area (Å²) in [6.07, 6.45) is 6.00. The maximum Gasteiger partial charge on any atom is 0.232 e. The Morgan fingerprint density at radius 3 is 2.44 bits per heavy atom. The number of nitrogens with zero attached hydrogens (tertiary/aromatic N) is 1. The summed E-state index contributed by atoms with van der Waals surface area (Å²) in [4.78, 5) is 15.5. The SMILES string of the molecule is COc1ccc(C(C)(C)C(=O)N2CCCC2C2CCCCC2O)cc1. The Hall–Kier alpha value is -1.55. The molecule has 1 heterocycles. The van der Waals surface area contributed by atoms with Crippen molar-refractivity contribution in [1.82, 2.24) is 4.90 Å². The molecule has 3 atom stereocenters. The topological polar surface area (TPSA) is 49.8 Å². The lowest BCUT2D eigenvalue weighted by atomic mass is 9.79. The first kappa shape index (κ1) is 18.2. The van der Waals surface area contributed by atoms with Crippen molar-refractivity contribution < 1.29 is 14.6 Å². The zero-order valence-corrected chi connectivity index (χ0v) is 15.7. The van der Waals surface area contributed by atoms with Crippen LogP contribution in [0.1, 0.15) is 57.9 Å². The van der Waals surface area contributed by atoms with Crippen LogP contribution in [0.5, 0.6) is 5.75 Å². The molecule has 3 unspecified atom stereocenters. The van der Waals surface area contributed by atoms with Crippen LogP contribution in [0, 0.1) is 5.92 Å². The molecule has 1 aromatic carbocycles. The van der Waals surface area contributed by atoms with E-state index in [1.807, 2.05) is 38.1 Å². The number of carbonyl (C=O) groups is 1. The van der Waals surface area contributed by atoms with Crippen LogP contribution in [-0.2, 0) is 10.2 Å². The number of carbonyl (C=O) groups excluding carboxylic acids is 1. The van der Waals surface area contributed by atoms with Crippen molar-refractivity contribution in [3.05, 3.63) is 29.8 Å². The van der Waals surface area contributed by atoms with Gasteiger partial charge in [-0.15, -0.1) is 0 Å². The Bertz CT molecular complexity index is 596. The zero-order chi connectivity index (χ0) is 18.0. The van der Waals surface area contributed by atoms with Crippen molar-refractivity contribution in [2.75, 3.05) is 13.7 Å². The number of methoxy groups -OCH3 is 1. The normalized spacial score (nSPS) is 27.4. The average molecular weight is 345 g/mol. The number of hydrogen-bond acceptors (Lipinski definition) is 3. The van der Waals surface area contributed by atoms with Gasteiger partial charge in [0, 0.05) is 18.5 Å². The van der Waals surface area contributed by atoms with Crippen molar-refractivity contribution >= 4 is 5.91 Å². The van der Waals surface area contributed by atoms with Crippen LogP contribution >= 0.6 is 0 Å². The van der Waals surface area contributed by atoms with E-state index in [4.69, 9.17) is 4.74 Å². The lowest BCUT2D eigenvalue weighted by molar-refractivity contribution is -0.139. The number of aliphatic hydroxyl groups excluding tert-OH is 1. The number of benzene rings is 1. The van der Waals surface area contributed by atoms with Gasteiger partial charge in [-0.1, -0.05) is 25.0 Å². The second-order valence-corrected chi connectivity index (χ2v) is 8.08. The van der Waals surface area contributed by atoms with E-state index in [1.165, 1.54) is 6.42 Å². The Morgan fingerprint density at radius 2 is 1.80 bits per heavy atom. The molecule has 2 fully saturated rings. The van der Waals surface area contributed by atoms with Gasteiger partial charge in [-0.25, -0.2) is 0 Å². The fraction of sp³-hybridized carbons (Fsp3) is 0.667. The maximum atomic E-state index is 13.4. The maximum absolute atomic E-state index is 13.4. The van der Waals surface area contributed by atoms with E-state index in [0.717, 1.165) is 50.0 Å². The Labute approximate surface area is 151 Å². The molecule has 138 valence electrons. The van der Waals surface area contributed by atoms with E-state index in [0.29, 0.717) is 0 Å². The Balaban J connectivity index is 1.79. The van der Waals surface area contributed by atoms with Crippen LogP contribution in [0.3, 0.4) is 0 Å². The van der Waals surface area contributed by atoms with Crippen LogP contribution in [-0.4, -0.2) is 41.7 Å². The van der Waals surface area contributed by atoms with Gasteiger partial charge >= 0.3 is 0 Å². The van der Waals surface area contributed by atoms with Crippen LogP contribution in [0.15, 0.2) is 24.3 Å². The monoisotopic (exact) mass is 345 g/mol. The third kappa shape index (κ3) is 3.55. The summed E-state index contributed by atoms with van der Waals surface area (Å²) >= 11 is 0. The van der Waals surface area contributed by atoms with Crippen LogP contribution in [0.2, 0.25) is 0 Å². The van der Waals surface area contributed by atoms with Crippen molar-refractivity contribution in [1.29, 1.82) is 0 Å². The lowest BCUT2D eigenvalue weighted by Crippen LogP contribution is -2.50. The fourth-order valence-corrected chi connectivity index (χ4v) is 4.57. The standard InChI is InChI=1S/C21H31NO3/c1-21(2,15-10-12-16(25-3)13-11-15)20(24)22-14-6-8-18(22)17-7-4-5-9-19(17)23/h10-13,17-19,23H,4-9,14H2,1-3H3. The van der Waals surface area contributed by atoms with Gasteiger partial charge in [0.25, 0.3) is 0 Å². The smallest absolute Gasteiger partial charge is 0.232 e. The number of likely N-dealkylation sites (tertiary alicyclic amines) is 1. The molecule has 4 nitrogen and oxygen atoms in total. The summed E-state index contributed by atoms with van der Waals surface area (Å²) in [7, 11) is 1.65. The number of amides is 1. The second-order valence-electron chi connectivity index (χ2n) is 8.08. The number of hydrogen-bond donors (Lipinski definition) is 1. The summed E-state index contributed by atoms with van der Waals surface area (Å²) in [5, 5.41) is 10.5. The summed E-state index contributed by atoms with van der Waals surface area (Å²) in [5.41, 5.74) is 0.433. The molecule has 3 rings (SSSR count). The van der Waals surface area contributed by atoms with Crippen molar-refractivity contribution in [2.45, 2.75) is 69.9 Å². The largest absolute Gasteiger partial charge is 0.497 e. The van der Waals surface area contributed by atoms with E-state index in [9.17, 15) is 9.90 Å². The van der Waals surface area contributed by atoms with Crippen molar-refractivity contribution in [3.63, 3.8) is 0 Å². The predicted molar refractivity (Wildman–Crippen MR) is 98.7 cm³/mol. The van der Waals surface area contributed by atoms with Gasteiger partial charge in [0.15, 0.2) is 0 Å². The quantitative estimate of drug-likeness (QED) is 0.908. The fourth-order valence-electron chi connectivity index (χ4n) is 4.57. The molecule has 0 bridgehead atoms. The molecule has 1 aliphatic heterocycles. The molecule has 1 saturated carbocycles. The average Bonchev–Trinajstić information content (AvgIpc) is 3.10. The summed E-state index contributed by atoms with van der Waals surface area (Å²) in [5.74, 6) is 1.22. The molecular formula is C21H31NO3. The summed E-state index contributed by atoms with van der Waals surface area (Å²) in [6, 6.07) is 7.99. The molecule has 1 N–H and O–H groups in total. The van der Waals surface area contributed by atoms with Gasteiger partial charge < -0.3 is 14.7 Å². The number of ether oxygens (including phenoxy) is 1. The molecule has 25 heavy (non-hydrogen) atoms. The highest BCUT2D eigenvalue weighted by Crippen LogP contribution is 2.37.